The molecule has 0 aliphatic heterocycles. The van der Waals surface area contributed by atoms with Crippen molar-refractivity contribution in [2.24, 2.45) is 0 Å². The number of rotatable bonds is 3. The Balaban J connectivity index is 1.40. The first-order valence-corrected chi connectivity index (χ1v) is 13.0. The fourth-order valence-corrected chi connectivity index (χ4v) is 5.95. The Morgan fingerprint density at radius 3 is 1.89 bits per heavy atom. The Bertz CT molecular complexity index is 2110. The van der Waals surface area contributed by atoms with Crippen LogP contribution in [0, 0.1) is 0 Å². The van der Waals surface area contributed by atoms with E-state index >= 15 is 0 Å². The summed E-state index contributed by atoms with van der Waals surface area (Å²) >= 11 is 0. The normalized spacial score (nSPS) is 11.7. The van der Waals surface area contributed by atoms with Gasteiger partial charge in [0, 0.05) is 28.3 Å². The van der Waals surface area contributed by atoms with E-state index in [1.165, 1.54) is 66.0 Å². The lowest BCUT2D eigenvalue weighted by molar-refractivity contribution is 1.13. The monoisotopic (exact) mass is 484 g/mol. The first-order valence-electron chi connectivity index (χ1n) is 13.0. The predicted octanol–water partition coefficient (Wildman–Crippen LogP) is 9.55. The molecule has 0 N–H and O–H groups in total. The van der Waals surface area contributed by atoms with Crippen LogP contribution in [-0.2, 0) is 0 Å². The average Bonchev–Trinajstić information content (AvgIpc) is 3.56. The zero-order valence-corrected chi connectivity index (χ0v) is 20.8. The minimum atomic E-state index is 1.17. The molecule has 0 saturated heterocycles. The van der Waals surface area contributed by atoms with E-state index in [1.54, 1.807) is 0 Å². The lowest BCUT2D eigenvalue weighted by Crippen LogP contribution is -1.93. The van der Waals surface area contributed by atoms with Gasteiger partial charge < -0.3 is 9.13 Å². The van der Waals surface area contributed by atoms with Crippen molar-refractivity contribution in [3.05, 3.63) is 146 Å². The largest absolute Gasteiger partial charge is 0.317 e. The smallest absolute Gasteiger partial charge is 0.0547 e. The summed E-state index contributed by atoms with van der Waals surface area (Å²) in [7, 11) is 0. The fourth-order valence-electron chi connectivity index (χ4n) is 5.95. The van der Waals surface area contributed by atoms with Gasteiger partial charge in [-0.2, -0.15) is 0 Å². The Morgan fingerprint density at radius 1 is 0.395 bits per heavy atom. The highest BCUT2D eigenvalue weighted by atomic mass is 15.0. The van der Waals surface area contributed by atoms with Crippen LogP contribution in [-0.4, -0.2) is 9.13 Å². The summed E-state index contributed by atoms with van der Waals surface area (Å²) in [5.74, 6) is 0. The van der Waals surface area contributed by atoms with Crippen molar-refractivity contribution < 1.29 is 0 Å². The van der Waals surface area contributed by atoms with Gasteiger partial charge in [0.25, 0.3) is 0 Å². The molecule has 2 nitrogen and oxygen atoms in total. The summed E-state index contributed by atoms with van der Waals surface area (Å²) in [5, 5.41) is 6.37. The number of hydrogen-bond donors (Lipinski definition) is 0. The van der Waals surface area contributed by atoms with Gasteiger partial charge in [-0.25, -0.2) is 0 Å². The van der Waals surface area contributed by atoms with E-state index < -0.39 is 0 Å². The zero-order valence-electron chi connectivity index (χ0n) is 20.8. The second kappa shape index (κ2) is 8.22. The number of hydrogen-bond acceptors (Lipinski definition) is 0. The molecule has 38 heavy (non-hydrogen) atoms. The summed E-state index contributed by atoms with van der Waals surface area (Å²) in [6, 6.07) is 50.3. The molecule has 0 radical (unpaired) electrons. The SMILES string of the molecule is c1ccc(-n2ccc3ccc(-c4ccc5c(c4)c4c6ccccc6ccc4n5-c4ccccc4)cc32)cc1. The molecule has 0 amide bonds. The van der Waals surface area contributed by atoms with Crippen molar-refractivity contribution >= 4 is 43.5 Å². The Labute approximate surface area is 220 Å². The lowest BCUT2D eigenvalue weighted by Gasteiger charge is -2.09. The number of nitrogens with zero attached hydrogens (tertiary/aromatic N) is 2. The van der Waals surface area contributed by atoms with Gasteiger partial charge >= 0.3 is 0 Å². The molecule has 8 rings (SSSR count). The van der Waals surface area contributed by atoms with E-state index in [1.807, 2.05) is 0 Å². The Morgan fingerprint density at radius 2 is 1.05 bits per heavy atom. The molecule has 0 fully saturated rings. The van der Waals surface area contributed by atoms with Gasteiger partial charge in [0.1, 0.15) is 0 Å². The van der Waals surface area contributed by atoms with Gasteiger partial charge in [0.05, 0.1) is 16.6 Å². The third-order valence-electron chi connectivity index (χ3n) is 7.73. The molecule has 178 valence electrons. The van der Waals surface area contributed by atoms with Gasteiger partial charge in [-0.1, -0.05) is 84.9 Å². The Kier molecular flexibility index (Phi) is 4.55. The third-order valence-corrected chi connectivity index (χ3v) is 7.73. The maximum absolute atomic E-state index is 2.39. The van der Waals surface area contributed by atoms with Crippen molar-refractivity contribution in [1.82, 2.24) is 9.13 Å². The molecule has 0 spiro atoms. The van der Waals surface area contributed by atoms with Crippen molar-refractivity contribution in [2.45, 2.75) is 0 Å². The van der Waals surface area contributed by atoms with E-state index in [-0.39, 0.29) is 0 Å². The average molecular weight is 485 g/mol. The summed E-state index contributed by atoms with van der Waals surface area (Å²) in [5.41, 5.74) is 8.46. The number of para-hydroxylation sites is 2. The first-order chi connectivity index (χ1) is 18.8. The second-order valence-electron chi connectivity index (χ2n) is 9.88. The highest BCUT2D eigenvalue weighted by molar-refractivity contribution is 6.21. The van der Waals surface area contributed by atoms with E-state index in [0.717, 1.165) is 0 Å². The van der Waals surface area contributed by atoms with Crippen LogP contribution in [0.25, 0.3) is 66.0 Å². The van der Waals surface area contributed by atoms with Gasteiger partial charge in [0.2, 0.25) is 0 Å². The maximum Gasteiger partial charge on any atom is 0.0547 e. The molecule has 0 bridgehead atoms. The van der Waals surface area contributed by atoms with Crippen LogP contribution in [0.15, 0.2) is 146 Å². The molecule has 0 saturated carbocycles. The highest BCUT2D eigenvalue weighted by Gasteiger charge is 2.16. The molecule has 2 aromatic heterocycles. The molecule has 0 aliphatic carbocycles. The van der Waals surface area contributed by atoms with Crippen molar-refractivity contribution in [3.63, 3.8) is 0 Å². The van der Waals surface area contributed by atoms with Crippen LogP contribution in [0.3, 0.4) is 0 Å². The van der Waals surface area contributed by atoms with Crippen molar-refractivity contribution in [2.75, 3.05) is 0 Å². The number of benzene rings is 6. The van der Waals surface area contributed by atoms with Crippen LogP contribution in [0.1, 0.15) is 0 Å². The Hall–Kier alpha value is -5.08. The minimum Gasteiger partial charge on any atom is -0.317 e. The number of aromatic nitrogens is 2. The molecular weight excluding hydrogens is 460 g/mol. The second-order valence-corrected chi connectivity index (χ2v) is 9.88. The summed E-state index contributed by atoms with van der Waals surface area (Å²) in [4.78, 5) is 0. The molecule has 0 unspecified atom stereocenters. The zero-order chi connectivity index (χ0) is 25.1. The summed E-state index contributed by atoms with van der Waals surface area (Å²) < 4.78 is 4.66. The van der Waals surface area contributed by atoms with E-state index in [4.69, 9.17) is 0 Å². The van der Waals surface area contributed by atoms with E-state index in [0.29, 0.717) is 0 Å². The molecule has 2 heteroatoms. The van der Waals surface area contributed by atoms with Gasteiger partial charge in [-0.05, 0) is 81.9 Å². The number of fused-ring (bicyclic) bond motifs is 6. The molecule has 2 heterocycles. The minimum absolute atomic E-state index is 1.17. The molecule has 0 aliphatic rings. The molecule has 6 aromatic carbocycles. The van der Waals surface area contributed by atoms with Gasteiger partial charge in [-0.15, -0.1) is 0 Å². The van der Waals surface area contributed by atoms with Crippen LogP contribution < -0.4 is 0 Å². The van der Waals surface area contributed by atoms with Crippen LogP contribution in [0.4, 0.5) is 0 Å². The molecule has 8 aromatic rings. The van der Waals surface area contributed by atoms with E-state index in [9.17, 15) is 0 Å². The fraction of sp³-hybridized carbons (Fsp3) is 0. The van der Waals surface area contributed by atoms with Gasteiger partial charge in [0.15, 0.2) is 0 Å². The summed E-state index contributed by atoms with van der Waals surface area (Å²) in [6.45, 7) is 0. The van der Waals surface area contributed by atoms with Crippen LogP contribution in [0.5, 0.6) is 0 Å². The molecule has 0 atom stereocenters. The van der Waals surface area contributed by atoms with E-state index in [2.05, 4.69) is 155 Å². The standard InChI is InChI=1S/C36H24N2/c1-3-10-29(11-4-1)37-22-21-26-15-16-28(24-35(26)37)27-18-19-33-32(23-27)36-31-14-8-7-9-25(31)17-20-34(36)38(33)30-12-5-2-6-13-30/h1-24H. The van der Waals surface area contributed by atoms with Crippen LogP contribution in [0.2, 0.25) is 0 Å². The quantitative estimate of drug-likeness (QED) is 0.236. The predicted molar refractivity (Wildman–Crippen MR) is 161 cm³/mol. The van der Waals surface area contributed by atoms with Crippen molar-refractivity contribution in [3.8, 4) is 22.5 Å². The maximum atomic E-state index is 2.39. The summed E-state index contributed by atoms with van der Waals surface area (Å²) in [6.07, 6.45) is 2.16. The topological polar surface area (TPSA) is 9.86 Å². The first kappa shape index (κ1) is 21.0. The van der Waals surface area contributed by atoms with Crippen molar-refractivity contribution in [1.29, 1.82) is 0 Å². The molecular formula is C36H24N2. The lowest BCUT2D eigenvalue weighted by atomic mass is 9.99. The highest BCUT2D eigenvalue weighted by Crippen LogP contribution is 2.39. The third kappa shape index (κ3) is 3.14. The van der Waals surface area contributed by atoms with Crippen LogP contribution >= 0.6 is 0 Å². The van der Waals surface area contributed by atoms with Gasteiger partial charge in [-0.3, -0.25) is 0 Å².